The van der Waals surface area contributed by atoms with Crippen LogP contribution in [0.4, 0.5) is 5.82 Å². The molecule has 1 amide bonds. The largest absolute Gasteiger partial charge is 0.379 e. The normalized spacial score (nSPS) is 14.8. The van der Waals surface area contributed by atoms with Crippen LogP contribution in [0.1, 0.15) is 21.6 Å². The zero-order valence-corrected chi connectivity index (χ0v) is 15.1. The number of hydrogen-bond acceptors (Lipinski definition) is 6. The van der Waals surface area contributed by atoms with E-state index in [9.17, 15) is 4.79 Å². The van der Waals surface area contributed by atoms with Crippen molar-refractivity contribution >= 4 is 11.7 Å². The quantitative estimate of drug-likeness (QED) is 0.783. The first-order valence-corrected chi connectivity index (χ1v) is 8.92. The van der Waals surface area contributed by atoms with E-state index < -0.39 is 0 Å². The molecule has 26 heavy (non-hydrogen) atoms. The second-order valence-corrected chi connectivity index (χ2v) is 6.36. The second kappa shape index (κ2) is 9.26. The Hall–Kier alpha value is -2.51. The Labute approximate surface area is 153 Å². The van der Waals surface area contributed by atoms with Crippen molar-refractivity contribution in [2.75, 3.05) is 44.7 Å². The molecular weight excluding hydrogens is 330 g/mol. The molecule has 0 aliphatic carbocycles. The fourth-order valence-corrected chi connectivity index (χ4v) is 2.81. The molecule has 0 radical (unpaired) electrons. The van der Waals surface area contributed by atoms with Crippen LogP contribution < -0.4 is 10.6 Å². The zero-order chi connectivity index (χ0) is 18.2. The van der Waals surface area contributed by atoms with Gasteiger partial charge in [0, 0.05) is 32.7 Å². The van der Waals surface area contributed by atoms with E-state index in [2.05, 4.69) is 25.7 Å². The van der Waals surface area contributed by atoms with Gasteiger partial charge in [-0.15, -0.1) is 10.2 Å². The first-order valence-electron chi connectivity index (χ1n) is 8.92. The minimum absolute atomic E-state index is 0.223. The van der Waals surface area contributed by atoms with Crippen LogP contribution in [0, 0.1) is 6.92 Å². The molecule has 2 heterocycles. The summed E-state index contributed by atoms with van der Waals surface area (Å²) in [5.41, 5.74) is 2.55. The van der Waals surface area contributed by atoms with Gasteiger partial charge in [0.2, 0.25) is 0 Å². The van der Waals surface area contributed by atoms with Crippen LogP contribution in [0.5, 0.6) is 0 Å². The maximum Gasteiger partial charge on any atom is 0.272 e. The van der Waals surface area contributed by atoms with Crippen LogP contribution in [0.15, 0.2) is 36.4 Å². The number of anilines is 1. The molecule has 1 fully saturated rings. The van der Waals surface area contributed by atoms with Crippen LogP contribution >= 0.6 is 0 Å². The molecule has 7 heteroatoms. The first kappa shape index (κ1) is 18.3. The fourth-order valence-electron chi connectivity index (χ4n) is 2.81. The van der Waals surface area contributed by atoms with Gasteiger partial charge >= 0.3 is 0 Å². The van der Waals surface area contributed by atoms with E-state index in [1.165, 1.54) is 5.56 Å². The fraction of sp³-hybridized carbons (Fsp3) is 0.421. The number of benzene rings is 1. The van der Waals surface area contributed by atoms with Crippen molar-refractivity contribution in [3.05, 3.63) is 53.2 Å². The van der Waals surface area contributed by atoms with Gasteiger partial charge in [-0.3, -0.25) is 9.69 Å². The molecule has 1 saturated heterocycles. The van der Waals surface area contributed by atoms with E-state index in [1.54, 1.807) is 12.1 Å². The van der Waals surface area contributed by atoms with Crippen LogP contribution in [-0.2, 0) is 11.3 Å². The summed E-state index contributed by atoms with van der Waals surface area (Å²) in [5.74, 6) is 0.451. The van der Waals surface area contributed by atoms with E-state index >= 15 is 0 Å². The number of nitrogens with one attached hydrogen (secondary N) is 2. The van der Waals surface area contributed by atoms with Crippen molar-refractivity contribution in [3.63, 3.8) is 0 Å². The molecule has 0 bridgehead atoms. The second-order valence-electron chi connectivity index (χ2n) is 6.36. The van der Waals surface area contributed by atoms with Gasteiger partial charge in [0.05, 0.1) is 13.2 Å². The molecule has 7 nitrogen and oxygen atoms in total. The minimum Gasteiger partial charge on any atom is -0.379 e. The highest BCUT2D eigenvalue weighted by Crippen LogP contribution is 2.05. The van der Waals surface area contributed by atoms with E-state index in [0.29, 0.717) is 18.1 Å². The number of hydrogen-bond donors (Lipinski definition) is 2. The lowest BCUT2D eigenvalue weighted by Crippen LogP contribution is -2.39. The van der Waals surface area contributed by atoms with Gasteiger partial charge in [0.1, 0.15) is 5.82 Å². The highest BCUT2D eigenvalue weighted by Gasteiger charge is 2.10. The summed E-state index contributed by atoms with van der Waals surface area (Å²) in [6.45, 7) is 7.75. The van der Waals surface area contributed by atoms with Gasteiger partial charge in [-0.1, -0.05) is 29.8 Å². The van der Waals surface area contributed by atoms with Crippen molar-refractivity contribution in [1.82, 2.24) is 20.4 Å². The van der Waals surface area contributed by atoms with Gasteiger partial charge in [0.25, 0.3) is 5.91 Å². The number of ether oxygens (including phenoxy) is 1. The smallest absolute Gasteiger partial charge is 0.272 e. The minimum atomic E-state index is -0.223. The number of carbonyl (C=O) groups excluding carboxylic acids is 1. The Morgan fingerprint density at radius 3 is 2.77 bits per heavy atom. The predicted octanol–water partition coefficient (Wildman–Crippen LogP) is 1.46. The Morgan fingerprint density at radius 2 is 2.04 bits per heavy atom. The summed E-state index contributed by atoms with van der Waals surface area (Å²) in [7, 11) is 0. The summed E-state index contributed by atoms with van der Waals surface area (Å²) >= 11 is 0. The average Bonchev–Trinajstić information content (AvgIpc) is 2.68. The lowest BCUT2D eigenvalue weighted by molar-refractivity contribution is 0.0398. The van der Waals surface area contributed by atoms with Gasteiger partial charge < -0.3 is 15.4 Å². The number of amides is 1. The molecule has 0 atom stereocenters. The Balaban J connectivity index is 1.43. The zero-order valence-electron chi connectivity index (χ0n) is 15.1. The average molecular weight is 355 g/mol. The molecule has 2 aromatic rings. The van der Waals surface area contributed by atoms with Crippen molar-refractivity contribution in [1.29, 1.82) is 0 Å². The van der Waals surface area contributed by atoms with Crippen molar-refractivity contribution in [2.24, 2.45) is 0 Å². The van der Waals surface area contributed by atoms with Gasteiger partial charge in [-0.05, 0) is 24.6 Å². The highest BCUT2D eigenvalue weighted by molar-refractivity contribution is 5.92. The molecule has 0 saturated carbocycles. The maximum absolute atomic E-state index is 12.2. The Morgan fingerprint density at radius 1 is 1.19 bits per heavy atom. The van der Waals surface area contributed by atoms with E-state index in [1.807, 2.05) is 31.2 Å². The van der Waals surface area contributed by atoms with E-state index in [-0.39, 0.29) is 5.91 Å². The molecule has 138 valence electrons. The van der Waals surface area contributed by atoms with Gasteiger partial charge in [-0.25, -0.2) is 0 Å². The SMILES string of the molecule is Cc1cccc(CNC(=O)c2ccc(NCCN3CCOCC3)nn2)c1. The standard InChI is InChI=1S/C19H25N5O2/c1-15-3-2-4-16(13-15)14-21-19(25)17-5-6-18(23-22-17)20-7-8-24-9-11-26-12-10-24/h2-6,13H,7-12,14H2,1H3,(H,20,23)(H,21,25). The number of nitrogens with zero attached hydrogens (tertiary/aromatic N) is 3. The number of carbonyl (C=O) groups is 1. The number of aromatic nitrogens is 2. The summed E-state index contributed by atoms with van der Waals surface area (Å²) in [6, 6.07) is 11.5. The molecular formula is C19H25N5O2. The summed E-state index contributed by atoms with van der Waals surface area (Å²) in [5, 5.41) is 14.2. The molecule has 1 aromatic heterocycles. The summed E-state index contributed by atoms with van der Waals surface area (Å²) in [4.78, 5) is 14.5. The third-order valence-corrected chi connectivity index (χ3v) is 4.27. The molecule has 3 rings (SSSR count). The van der Waals surface area contributed by atoms with E-state index in [4.69, 9.17) is 4.74 Å². The van der Waals surface area contributed by atoms with E-state index in [0.717, 1.165) is 45.0 Å². The molecule has 1 aliphatic rings. The first-order chi connectivity index (χ1) is 12.7. The number of aryl methyl sites for hydroxylation is 1. The number of morpholine rings is 1. The summed E-state index contributed by atoms with van der Waals surface area (Å²) in [6.07, 6.45) is 0. The third kappa shape index (κ3) is 5.50. The third-order valence-electron chi connectivity index (χ3n) is 4.27. The van der Waals surface area contributed by atoms with Crippen LogP contribution in [0.3, 0.4) is 0 Å². The van der Waals surface area contributed by atoms with Crippen molar-refractivity contribution in [3.8, 4) is 0 Å². The predicted molar refractivity (Wildman–Crippen MR) is 100 cm³/mol. The Bertz CT molecular complexity index is 714. The van der Waals surface area contributed by atoms with Gasteiger partial charge in [-0.2, -0.15) is 0 Å². The molecule has 1 aliphatic heterocycles. The molecule has 0 unspecified atom stereocenters. The van der Waals surface area contributed by atoms with Crippen molar-refractivity contribution in [2.45, 2.75) is 13.5 Å². The number of rotatable bonds is 7. The van der Waals surface area contributed by atoms with Gasteiger partial charge in [0.15, 0.2) is 5.69 Å². The monoisotopic (exact) mass is 355 g/mol. The molecule has 1 aromatic carbocycles. The lowest BCUT2D eigenvalue weighted by Gasteiger charge is -2.26. The maximum atomic E-state index is 12.2. The molecule has 0 spiro atoms. The summed E-state index contributed by atoms with van der Waals surface area (Å²) < 4.78 is 5.33. The highest BCUT2D eigenvalue weighted by atomic mass is 16.5. The van der Waals surface area contributed by atoms with Crippen LogP contribution in [0.2, 0.25) is 0 Å². The lowest BCUT2D eigenvalue weighted by atomic mass is 10.1. The van der Waals surface area contributed by atoms with Crippen LogP contribution in [-0.4, -0.2) is 60.4 Å². The Kier molecular flexibility index (Phi) is 6.51. The van der Waals surface area contributed by atoms with Crippen molar-refractivity contribution < 1.29 is 9.53 Å². The topological polar surface area (TPSA) is 79.4 Å². The van der Waals surface area contributed by atoms with Crippen LogP contribution in [0.25, 0.3) is 0 Å². The molecule has 2 N–H and O–H groups in total.